The van der Waals surface area contributed by atoms with Crippen molar-refractivity contribution in [2.45, 2.75) is 58.4 Å². The van der Waals surface area contributed by atoms with Crippen molar-refractivity contribution in [3.63, 3.8) is 0 Å². The molecule has 0 radical (unpaired) electrons. The Bertz CT molecular complexity index is 540. The van der Waals surface area contributed by atoms with Crippen LogP contribution in [-0.4, -0.2) is 17.9 Å². The Hall–Kier alpha value is -1.84. The van der Waals surface area contributed by atoms with Crippen molar-refractivity contribution in [3.05, 3.63) is 29.8 Å². The maximum atomic E-state index is 12.1. The summed E-state index contributed by atoms with van der Waals surface area (Å²) in [5.41, 5.74) is 1.75. The lowest BCUT2D eigenvalue weighted by Crippen LogP contribution is -2.45. The molecule has 1 saturated carbocycles. The van der Waals surface area contributed by atoms with E-state index in [0.717, 1.165) is 24.8 Å². The maximum Gasteiger partial charge on any atom is 0.313 e. The van der Waals surface area contributed by atoms with Crippen molar-refractivity contribution < 1.29 is 9.59 Å². The molecule has 120 valence electrons. The summed E-state index contributed by atoms with van der Waals surface area (Å²) in [7, 11) is 0. The van der Waals surface area contributed by atoms with Gasteiger partial charge in [0.15, 0.2) is 0 Å². The molecule has 0 saturated heterocycles. The molecular weight excluding hydrogens is 276 g/mol. The van der Waals surface area contributed by atoms with Crippen LogP contribution in [0.25, 0.3) is 0 Å². The summed E-state index contributed by atoms with van der Waals surface area (Å²) >= 11 is 0. The third-order valence-electron chi connectivity index (χ3n) is 4.47. The van der Waals surface area contributed by atoms with E-state index in [9.17, 15) is 9.59 Å². The van der Waals surface area contributed by atoms with Crippen molar-refractivity contribution in [3.8, 4) is 0 Å². The summed E-state index contributed by atoms with van der Waals surface area (Å²) in [6, 6.07) is 7.73. The Morgan fingerprint density at radius 2 is 1.77 bits per heavy atom. The van der Waals surface area contributed by atoms with Crippen molar-refractivity contribution >= 4 is 17.5 Å². The van der Waals surface area contributed by atoms with Gasteiger partial charge in [0.05, 0.1) is 0 Å². The predicted molar refractivity (Wildman–Crippen MR) is 88.7 cm³/mol. The molecule has 2 rings (SSSR count). The Balaban J connectivity index is 1.98. The first-order chi connectivity index (χ1) is 10.5. The first kappa shape index (κ1) is 16.5. The minimum Gasteiger partial charge on any atom is -0.345 e. The molecule has 22 heavy (non-hydrogen) atoms. The van der Waals surface area contributed by atoms with Crippen LogP contribution in [0.1, 0.15) is 57.9 Å². The van der Waals surface area contributed by atoms with Gasteiger partial charge in [0, 0.05) is 11.7 Å². The van der Waals surface area contributed by atoms with Crippen LogP contribution in [0.5, 0.6) is 0 Å². The van der Waals surface area contributed by atoms with Gasteiger partial charge in [-0.05, 0) is 36.3 Å². The molecule has 1 aliphatic rings. The number of anilines is 1. The molecule has 1 aromatic rings. The SMILES string of the molecule is CC(C)c1ccccc1NC(=O)C(=O)NC1CCCCC1C. The third-order valence-corrected chi connectivity index (χ3v) is 4.47. The molecule has 2 unspecified atom stereocenters. The fourth-order valence-electron chi connectivity index (χ4n) is 3.06. The Morgan fingerprint density at radius 1 is 1.09 bits per heavy atom. The summed E-state index contributed by atoms with van der Waals surface area (Å²) < 4.78 is 0. The topological polar surface area (TPSA) is 58.2 Å². The van der Waals surface area contributed by atoms with Crippen molar-refractivity contribution in [2.75, 3.05) is 5.32 Å². The average Bonchev–Trinajstić information content (AvgIpc) is 2.49. The second-order valence-corrected chi connectivity index (χ2v) is 6.54. The molecule has 1 aromatic carbocycles. The zero-order valence-corrected chi connectivity index (χ0v) is 13.7. The van der Waals surface area contributed by atoms with Gasteiger partial charge in [0.25, 0.3) is 0 Å². The van der Waals surface area contributed by atoms with Gasteiger partial charge in [-0.3, -0.25) is 9.59 Å². The van der Waals surface area contributed by atoms with Gasteiger partial charge in [-0.15, -0.1) is 0 Å². The first-order valence-electron chi connectivity index (χ1n) is 8.19. The minimum atomic E-state index is -0.578. The van der Waals surface area contributed by atoms with Gasteiger partial charge >= 0.3 is 11.8 Å². The maximum absolute atomic E-state index is 12.1. The van der Waals surface area contributed by atoms with E-state index in [1.54, 1.807) is 0 Å². The largest absolute Gasteiger partial charge is 0.345 e. The lowest BCUT2D eigenvalue weighted by Gasteiger charge is -2.29. The molecule has 0 bridgehead atoms. The van der Waals surface area contributed by atoms with E-state index in [2.05, 4.69) is 31.4 Å². The first-order valence-corrected chi connectivity index (χ1v) is 8.19. The van der Waals surface area contributed by atoms with E-state index < -0.39 is 11.8 Å². The molecule has 0 aromatic heterocycles. The van der Waals surface area contributed by atoms with Crippen LogP contribution in [0.3, 0.4) is 0 Å². The van der Waals surface area contributed by atoms with Crippen LogP contribution in [0.4, 0.5) is 5.69 Å². The second kappa shape index (κ2) is 7.43. The summed E-state index contributed by atoms with van der Waals surface area (Å²) in [5.74, 6) is -0.380. The Labute approximate surface area is 132 Å². The highest BCUT2D eigenvalue weighted by Gasteiger charge is 2.25. The van der Waals surface area contributed by atoms with Gasteiger partial charge in [0.1, 0.15) is 0 Å². The van der Waals surface area contributed by atoms with Crippen LogP contribution in [0.15, 0.2) is 24.3 Å². The molecule has 4 nitrogen and oxygen atoms in total. The number of nitrogens with one attached hydrogen (secondary N) is 2. The third kappa shape index (κ3) is 4.09. The number of amides is 2. The zero-order valence-electron chi connectivity index (χ0n) is 13.7. The van der Waals surface area contributed by atoms with Crippen molar-refractivity contribution in [2.24, 2.45) is 5.92 Å². The zero-order chi connectivity index (χ0) is 16.1. The molecular formula is C18H26N2O2. The van der Waals surface area contributed by atoms with Crippen LogP contribution in [0, 0.1) is 5.92 Å². The van der Waals surface area contributed by atoms with E-state index in [4.69, 9.17) is 0 Å². The fraction of sp³-hybridized carbons (Fsp3) is 0.556. The number of benzene rings is 1. The van der Waals surface area contributed by atoms with E-state index >= 15 is 0 Å². The van der Waals surface area contributed by atoms with Crippen LogP contribution < -0.4 is 10.6 Å². The molecule has 2 N–H and O–H groups in total. The van der Waals surface area contributed by atoms with Gasteiger partial charge in [0.2, 0.25) is 0 Å². The number of carbonyl (C=O) groups excluding carboxylic acids is 2. The normalized spacial score (nSPS) is 21.5. The van der Waals surface area contributed by atoms with Crippen LogP contribution >= 0.6 is 0 Å². The van der Waals surface area contributed by atoms with Gasteiger partial charge < -0.3 is 10.6 Å². The van der Waals surface area contributed by atoms with E-state index in [0.29, 0.717) is 11.6 Å². The van der Waals surface area contributed by atoms with Crippen LogP contribution in [0.2, 0.25) is 0 Å². The van der Waals surface area contributed by atoms with Gasteiger partial charge in [-0.25, -0.2) is 0 Å². The lowest BCUT2D eigenvalue weighted by molar-refractivity contribution is -0.137. The summed E-state index contributed by atoms with van der Waals surface area (Å²) in [4.78, 5) is 24.3. The Kier molecular flexibility index (Phi) is 5.58. The molecule has 2 atom stereocenters. The number of hydrogen-bond acceptors (Lipinski definition) is 2. The van der Waals surface area contributed by atoms with Crippen molar-refractivity contribution in [1.82, 2.24) is 5.32 Å². The van der Waals surface area contributed by atoms with E-state index in [1.165, 1.54) is 6.42 Å². The summed E-state index contributed by atoms with van der Waals surface area (Å²) in [6.07, 6.45) is 4.40. The highest BCUT2D eigenvalue weighted by atomic mass is 16.2. The van der Waals surface area contributed by atoms with Gasteiger partial charge in [-0.2, -0.15) is 0 Å². The summed E-state index contributed by atoms with van der Waals surface area (Å²) in [5, 5.41) is 5.63. The second-order valence-electron chi connectivity index (χ2n) is 6.54. The van der Waals surface area contributed by atoms with Crippen molar-refractivity contribution in [1.29, 1.82) is 0 Å². The lowest BCUT2D eigenvalue weighted by atomic mass is 9.86. The smallest absolute Gasteiger partial charge is 0.313 e. The fourth-order valence-corrected chi connectivity index (χ4v) is 3.06. The molecule has 4 heteroatoms. The highest BCUT2D eigenvalue weighted by Crippen LogP contribution is 2.25. The van der Waals surface area contributed by atoms with E-state index in [-0.39, 0.29) is 12.0 Å². The molecule has 1 fully saturated rings. The number of hydrogen-bond donors (Lipinski definition) is 2. The molecule has 0 spiro atoms. The molecule has 0 heterocycles. The van der Waals surface area contributed by atoms with Crippen LogP contribution in [-0.2, 0) is 9.59 Å². The number of para-hydroxylation sites is 1. The van der Waals surface area contributed by atoms with Gasteiger partial charge in [-0.1, -0.05) is 51.8 Å². The molecule has 2 amide bonds. The molecule has 0 aliphatic heterocycles. The monoisotopic (exact) mass is 302 g/mol. The average molecular weight is 302 g/mol. The standard InChI is InChI=1S/C18H26N2O2/c1-12(2)14-9-5-7-11-16(14)20-18(22)17(21)19-15-10-6-4-8-13(15)3/h5,7,9,11-13,15H,4,6,8,10H2,1-3H3,(H,19,21)(H,20,22). The Morgan fingerprint density at radius 3 is 2.45 bits per heavy atom. The quantitative estimate of drug-likeness (QED) is 0.840. The number of carbonyl (C=O) groups is 2. The predicted octanol–water partition coefficient (Wildman–Crippen LogP) is 3.44. The minimum absolute atomic E-state index is 0.118. The highest BCUT2D eigenvalue weighted by molar-refractivity contribution is 6.39. The van der Waals surface area contributed by atoms with E-state index in [1.807, 2.05) is 24.3 Å². The summed E-state index contributed by atoms with van der Waals surface area (Å²) in [6.45, 7) is 6.26. The number of rotatable bonds is 3. The molecule has 1 aliphatic carbocycles.